The van der Waals surface area contributed by atoms with Crippen molar-refractivity contribution in [3.05, 3.63) is 44.4 Å². The number of phenolic OH excluding ortho intramolecular Hbond substituents is 1. The average Bonchev–Trinajstić information content (AvgIpc) is 3.26. The Balaban J connectivity index is 1.61. The van der Waals surface area contributed by atoms with Gasteiger partial charge in [-0.3, -0.25) is 23.7 Å². The van der Waals surface area contributed by atoms with E-state index in [0.29, 0.717) is 46.7 Å². The molecular weight excluding hydrogens is 484 g/mol. The third-order valence-electron chi connectivity index (χ3n) is 6.20. The number of para-hydroxylation sites is 1. The summed E-state index contributed by atoms with van der Waals surface area (Å²) < 4.78 is 6.57. The highest BCUT2D eigenvalue weighted by Gasteiger charge is 2.58. The number of likely N-dealkylation sites (tertiary alicyclic amines) is 1. The number of amides is 5. The van der Waals surface area contributed by atoms with Crippen LogP contribution in [0.4, 0.5) is 4.79 Å². The summed E-state index contributed by atoms with van der Waals surface area (Å²) in [6.45, 7) is 1.42. The molecule has 3 unspecified atom stereocenters. The highest BCUT2D eigenvalue weighted by Crippen LogP contribution is 2.54. The molecule has 3 aliphatic heterocycles. The zero-order valence-corrected chi connectivity index (χ0v) is 19.3. The number of carbonyl (C=O) groups is 4. The number of rotatable bonds is 3. The van der Waals surface area contributed by atoms with Gasteiger partial charge in [-0.05, 0) is 6.07 Å². The summed E-state index contributed by atoms with van der Waals surface area (Å²) in [5.41, 5.74) is 5.65. The molecule has 178 valence electrons. The molecule has 13 heteroatoms. The largest absolute Gasteiger partial charge is 0.508 e. The molecule has 2 aromatic rings. The van der Waals surface area contributed by atoms with Crippen molar-refractivity contribution in [1.29, 1.82) is 0 Å². The molecule has 1 aromatic carbocycles. The number of nitrogens with zero attached hydrogens (tertiary/aromatic N) is 3. The van der Waals surface area contributed by atoms with Crippen molar-refractivity contribution in [2.75, 3.05) is 26.3 Å². The Bertz CT molecular complexity index is 1270. The lowest BCUT2D eigenvalue weighted by Crippen LogP contribution is -2.43. The Hall–Kier alpha value is -3.16. The molecule has 0 aliphatic carbocycles. The van der Waals surface area contributed by atoms with Crippen molar-refractivity contribution in [3.63, 3.8) is 0 Å². The number of thiazole rings is 1. The number of thioether (sulfide) groups is 1. The third kappa shape index (κ3) is 3.51. The van der Waals surface area contributed by atoms with Gasteiger partial charge >= 0.3 is 10.9 Å². The summed E-state index contributed by atoms with van der Waals surface area (Å²) in [5, 5.41) is 9.91. The van der Waals surface area contributed by atoms with E-state index in [0.717, 1.165) is 23.1 Å². The lowest BCUT2D eigenvalue weighted by Gasteiger charge is -2.31. The minimum absolute atomic E-state index is 0.112. The molecule has 3 aliphatic rings. The van der Waals surface area contributed by atoms with Gasteiger partial charge in [-0.1, -0.05) is 41.3 Å². The molecule has 2 fully saturated rings. The maximum atomic E-state index is 13.1. The van der Waals surface area contributed by atoms with Crippen molar-refractivity contribution >= 4 is 46.9 Å². The summed E-state index contributed by atoms with van der Waals surface area (Å²) in [6, 6.07) is 5.15. The van der Waals surface area contributed by atoms with Gasteiger partial charge in [-0.2, -0.15) is 4.90 Å². The molecule has 0 radical (unpaired) electrons. The van der Waals surface area contributed by atoms with Crippen LogP contribution in [-0.2, 0) is 25.7 Å². The Labute approximate surface area is 201 Å². The van der Waals surface area contributed by atoms with E-state index in [1.165, 1.54) is 10.6 Å². The summed E-state index contributed by atoms with van der Waals surface area (Å²) in [5.74, 6) is -3.82. The second-order valence-corrected chi connectivity index (χ2v) is 10.2. The van der Waals surface area contributed by atoms with Gasteiger partial charge in [0, 0.05) is 29.4 Å². The van der Waals surface area contributed by atoms with Crippen LogP contribution < -0.4 is 10.6 Å². The summed E-state index contributed by atoms with van der Waals surface area (Å²) in [7, 11) is 0. The fourth-order valence-corrected chi connectivity index (χ4v) is 7.37. The molecule has 1 aromatic heterocycles. The van der Waals surface area contributed by atoms with Gasteiger partial charge < -0.3 is 20.5 Å². The molecule has 4 heterocycles. The van der Waals surface area contributed by atoms with Crippen LogP contribution in [0.2, 0.25) is 0 Å². The number of hydrogen-bond acceptors (Lipinski definition) is 9. The van der Waals surface area contributed by atoms with E-state index in [1.54, 1.807) is 23.1 Å². The Morgan fingerprint density at radius 1 is 1.12 bits per heavy atom. The van der Waals surface area contributed by atoms with Gasteiger partial charge in [0.25, 0.3) is 5.91 Å². The van der Waals surface area contributed by atoms with Gasteiger partial charge in [0.15, 0.2) is 0 Å². The van der Waals surface area contributed by atoms with Gasteiger partial charge in [-0.25, -0.2) is 4.79 Å². The molecule has 2 saturated heterocycles. The van der Waals surface area contributed by atoms with Gasteiger partial charge in [0.2, 0.25) is 11.8 Å². The van der Waals surface area contributed by atoms with Crippen molar-refractivity contribution in [2.45, 2.75) is 22.7 Å². The Kier molecular flexibility index (Phi) is 5.70. The molecule has 34 heavy (non-hydrogen) atoms. The highest BCUT2D eigenvalue weighted by atomic mass is 32.2. The maximum Gasteiger partial charge on any atom is 0.328 e. The van der Waals surface area contributed by atoms with Gasteiger partial charge in [-0.15, -0.1) is 0 Å². The van der Waals surface area contributed by atoms with Crippen LogP contribution in [0.15, 0.2) is 34.1 Å². The fourth-order valence-electron chi connectivity index (χ4n) is 4.61. The van der Waals surface area contributed by atoms with E-state index in [9.17, 15) is 29.1 Å². The average molecular weight is 505 g/mol. The Morgan fingerprint density at radius 2 is 1.82 bits per heavy atom. The third-order valence-corrected chi connectivity index (χ3v) is 8.80. The van der Waals surface area contributed by atoms with Crippen LogP contribution in [-0.4, -0.2) is 74.8 Å². The summed E-state index contributed by atoms with van der Waals surface area (Å²) in [4.78, 5) is 65.9. The van der Waals surface area contributed by atoms with Crippen LogP contribution in [0.25, 0.3) is 0 Å². The lowest BCUT2D eigenvalue weighted by atomic mass is 9.82. The summed E-state index contributed by atoms with van der Waals surface area (Å²) >= 11 is 1.84. The number of aromatic nitrogens is 1. The van der Waals surface area contributed by atoms with E-state index < -0.39 is 39.8 Å². The monoisotopic (exact) mass is 504 g/mol. The first kappa shape index (κ1) is 22.6. The first-order valence-electron chi connectivity index (χ1n) is 10.5. The van der Waals surface area contributed by atoms with Crippen LogP contribution >= 0.6 is 23.1 Å². The van der Waals surface area contributed by atoms with E-state index >= 15 is 0 Å². The number of ether oxygens (including phenoxy) is 1. The molecule has 5 rings (SSSR count). The summed E-state index contributed by atoms with van der Waals surface area (Å²) in [6.07, 6.45) is 0. The number of primary amides is 1. The second kappa shape index (κ2) is 8.56. The molecular formula is C21H20N4O7S2. The molecule has 0 bridgehead atoms. The highest BCUT2D eigenvalue weighted by molar-refractivity contribution is 8.00. The van der Waals surface area contributed by atoms with Crippen molar-refractivity contribution in [1.82, 2.24) is 14.4 Å². The number of fused-ring (bicyclic) bond motifs is 2. The number of hydrogen-bond donors (Lipinski definition) is 2. The number of nitrogens with two attached hydrogens (primary N) is 1. The van der Waals surface area contributed by atoms with Crippen molar-refractivity contribution in [2.24, 2.45) is 11.7 Å². The number of aromatic hydroxyl groups is 1. The predicted molar refractivity (Wildman–Crippen MR) is 120 cm³/mol. The van der Waals surface area contributed by atoms with Crippen molar-refractivity contribution in [3.8, 4) is 5.75 Å². The normalized spacial score (nSPS) is 24.2. The van der Waals surface area contributed by atoms with Crippen LogP contribution in [0, 0.1) is 5.92 Å². The Morgan fingerprint density at radius 3 is 2.50 bits per heavy atom. The van der Waals surface area contributed by atoms with Crippen LogP contribution in [0.1, 0.15) is 16.4 Å². The number of benzene rings is 1. The quantitative estimate of drug-likeness (QED) is 0.560. The SMILES string of the molecule is NC(=O)N1C(=O)C2Sc3c(sc(=O)n3CC(=O)N3CCOCC3)C(c3ccccc3O)C2C1=O. The number of phenols is 1. The van der Waals surface area contributed by atoms with Crippen LogP contribution in [0.5, 0.6) is 5.75 Å². The molecule has 0 saturated carbocycles. The second-order valence-electron chi connectivity index (χ2n) is 8.07. The number of carbonyl (C=O) groups excluding carboxylic acids is 4. The minimum atomic E-state index is -1.18. The number of imide groups is 3. The molecule has 3 atom stereocenters. The molecule has 11 nitrogen and oxygen atoms in total. The van der Waals surface area contributed by atoms with E-state index in [1.807, 2.05) is 0 Å². The first-order valence-corrected chi connectivity index (χ1v) is 12.2. The van der Waals surface area contributed by atoms with Gasteiger partial charge in [0.1, 0.15) is 17.5 Å². The van der Waals surface area contributed by atoms with E-state index in [4.69, 9.17) is 10.5 Å². The van der Waals surface area contributed by atoms with Gasteiger partial charge in [0.05, 0.1) is 24.2 Å². The van der Waals surface area contributed by atoms with Crippen molar-refractivity contribution < 1.29 is 29.0 Å². The zero-order valence-electron chi connectivity index (χ0n) is 17.7. The minimum Gasteiger partial charge on any atom is -0.508 e. The maximum absolute atomic E-state index is 13.1. The van der Waals surface area contributed by atoms with E-state index in [-0.39, 0.29) is 18.2 Å². The smallest absolute Gasteiger partial charge is 0.328 e. The first-order chi connectivity index (χ1) is 16.3. The predicted octanol–water partition coefficient (Wildman–Crippen LogP) is 0.144. The number of morpholine rings is 1. The number of urea groups is 1. The molecule has 5 amide bonds. The lowest BCUT2D eigenvalue weighted by molar-refractivity contribution is -0.137. The molecule has 0 spiro atoms. The topological polar surface area (TPSA) is 152 Å². The van der Waals surface area contributed by atoms with Crippen LogP contribution in [0.3, 0.4) is 0 Å². The standard InChI is InChI=1S/C21H20N4O7S2/c22-20(30)25-17(28)14-13(10-3-1-2-4-11(10)26)16-19(33-15(14)18(25)29)24(21(31)34-16)9-12(27)23-5-7-32-8-6-23/h1-4,13-15,26H,5-9H2,(H2,22,30). The molecule has 3 N–H and O–H groups in total. The van der Waals surface area contributed by atoms with E-state index in [2.05, 4.69) is 0 Å². The zero-order chi connectivity index (χ0) is 24.1. The fraction of sp³-hybridized carbons (Fsp3) is 0.381.